The first-order valence-electron chi connectivity index (χ1n) is 4.87. The van der Waals surface area contributed by atoms with Gasteiger partial charge in [-0.05, 0) is 0 Å². The zero-order chi connectivity index (χ0) is 14.2. The molecular formula is C10H4ClF5N2O. The predicted octanol–water partition coefficient (Wildman–Crippen LogP) is 3.21. The quantitative estimate of drug-likeness (QED) is 0.378. The SMILES string of the molecule is Fc1c(F)c(F)c(-c2nnc(CCCl)o2)c(F)c1F. The summed E-state index contributed by atoms with van der Waals surface area (Å²) in [4.78, 5) is 0. The molecule has 0 aliphatic heterocycles. The zero-order valence-electron chi connectivity index (χ0n) is 8.98. The summed E-state index contributed by atoms with van der Waals surface area (Å²) in [7, 11) is 0. The molecule has 2 rings (SSSR count). The number of halogens is 6. The third kappa shape index (κ3) is 2.27. The Hall–Kier alpha value is -1.70. The molecule has 0 saturated heterocycles. The molecular weight excluding hydrogens is 295 g/mol. The molecule has 0 unspecified atom stereocenters. The van der Waals surface area contributed by atoms with Gasteiger partial charge in [-0.1, -0.05) is 0 Å². The van der Waals surface area contributed by atoms with Crippen LogP contribution in [-0.2, 0) is 6.42 Å². The minimum Gasteiger partial charge on any atom is -0.420 e. The number of benzene rings is 1. The van der Waals surface area contributed by atoms with E-state index in [0.717, 1.165) is 0 Å². The summed E-state index contributed by atoms with van der Waals surface area (Å²) in [6, 6.07) is 0. The van der Waals surface area contributed by atoms with E-state index in [4.69, 9.17) is 16.0 Å². The zero-order valence-corrected chi connectivity index (χ0v) is 9.74. The first-order valence-corrected chi connectivity index (χ1v) is 5.41. The van der Waals surface area contributed by atoms with Crippen molar-refractivity contribution in [3.63, 3.8) is 0 Å². The second kappa shape index (κ2) is 5.12. The predicted molar refractivity (Wildman–Crippen MR) is 53.9 cm³/mol. The molecule has 19 heavy (non-hydrogen) atoms. The van der Waals surface area contributed by atoms with Gasteiger partial charge in [-0.2, -0.15) is 0 Å². The molecule has 3 nitrogen and oxygen atoms in total. The maximum Gasteiger partial charge on any atom is 0.253 e. The van der Waals surface area contributed by atoms with Gasteiger partial charge in [0.15, 0.2) is 23.3 Å². The lowest BCUT2D eigenvalue weighted by Crippen LogP contribution is -2.04. The Kier molecular flexibility index (Phi) is 3.70. The van der Waals surface area contributed by atoms with Gasteiger partial charge >= 0.3 is 0 Å². The number of aryl methyl sites for hydroxylation is 1. The summed E-state index contributed by atoms with van der Waals surface area (Å²) in [5, 5.41) is 6.60. The highest BCUT2D eigenvalue weighted by Gasteiger charge is 2.29. The number of hydrogen-bond acceptors (Lipinski definition) is 3. The van der Waals surface area contributed by atoms with Crippen molar-refractivity contribution in [3.05, 3.63) is 35.0 Å². The van der Waals surface area contributed by atoms with Crippen LogP contribution in [0, 0.1) is 29.1 Å². The van der Waals surface area contributed by atoms with Crippen molar-refractivity contribution in [3.8, 4) is 11.5 Å². The highest BCUT2D eigenvalue weighted by Crippen LogP contribution is 2.30. The van der Waals surface area contributed by atoms with E-state index in [0.29, 0.717) is 0 Å². The maximum atomic E-state index is 13.4. The molecule has 1 aromatic carbocycles. The maximum absolute atomic E-state index is 13.4. The fourth-order valence-corrected chi connectivity index (χ4v) is 1.49. The Labute approximate surface area is 108 Å². The van der Waals surface area contributed by atoms with Crippen molar-refractivity contribution in [2.75, 3.05) is 5.88 Å². The lowest BCUT2D eigenvalue weighted by molar-refractivity contribution is 0.377. The van der Waals surface area contributed by atoms with Gasteiger partial charge in [-0.25, -0.2) is 22.0 Å². The first kappa shape index (κ1) is 13.7. The average Bonchev–Trinajstić information content (AvgIpc) is 2.83. The molecule has 9 heteroatoms. The van der Waals surface area contributed by atoms with Crippen molar-refractivity contribution < 1.29 is 26.4 Å². The van der Waals surface area contributed by atoms with Crippen LogP contribution in [0.4, 0.5) is 22.0 Å². The van der Waals surface area contributed by atoms with Gasteiger partial charge < -0.3 is 4.42 Å². The Morgan fingerprint density at radius 1 is 0.842 bits per heavy atom. The standard InChI is InChI=1S/C10H4ClF5N2O/c11-2-1-3-17-18-10(19-3)4-5(12)7(14)9(16)8(15)6(4)13/h1-2H2. The van der Waals surface area contributed by atoms with Gasteiger partial charge in [0.25, 0.3) is 5.89 Å². The molecule has 1 aromatic heterocycles. The smallest absolute Gasteiger partial charge is 0.253 e. The van der Waals surface area contributed by atoms with Gasteiger partial charge in [0.1, 0.15) is 5.56 Å². The number of rotatable bonds is 3. The highest BCUT2D eigenvalue weighted by atomic mass is 35.5. The van der Waals surface area contributed by atoms with Gasteiger partial charge in [-0.15, -0.1) is 21.8 Å². The molecule has 102 valence electrons. The third-order valence-corrected chi connectivity index (χ3v) is 2.39. The molecule has 1 heterocycles. The van der Waals surface area contributed by atoms with E-state index in [1.807, 2.05) is 0 Å². The summed E-state index contributed by atoms with van der Waals surface area (Å²) >= 11 is 5.38. The van der Waals surface area contributed by atoms with Gasteiger partial charge in [0.2, 0.25) is 11.7 Å². The van der Waals surface area contributed by atoms with Crippen LogP contribution in [0.25, 0.3) is 11.5 Å². The van der Waals surface area contributed by atoms with Crippen LogP contribution in [0.1, 0.15) is 5.89 Å². The number of hydrogen-bond donors (Lipinski definition) is 0. The molecule has 0 aliphatic rings. The van der Waals surface area contributed by atoms with Crippen LogP contribution in [-0.4, -0.2) is 16.1 Å². The Morgan fingerprint density at radius 2 is 1.37 bits per heavy atom. The minimum absolute atomic E-state index is 0.0751. The summed E-state index contributed by atoms with van der Waals surface area (Å²) < 4.78 is 70.4. The van der Waals surface area contributed by atoms with Crippen molar-refractivity contribution in [2.45, 2.75) is 6.42 Å². The van der Waals surface area contributed by atoms with Crippen molar-refractivity contribution in [2.24, 2.45) is 0 Å². The van der Waals surface area contributed by atoms with E-state index in [9.17, 15) is 22.0 Å². The number of nitrogens with zero attached hydrogens (tertiary/aromatic N) is 2. The van der Waals surface area contributed by atoms with E-state index in [1.54, 1.807) is 0 Å². The van der Waals surface area contributed by atoms with Crippen molar-refractivity contribution in [1.29, 1.82) is 0 Å². The molecule has 0 bridgehead atoms. The molecule has 0 aliphatic carbocycles. The van der Waals surface area contributed by atoms with Gasteiger partial charge in [0.05, 0.1) is 0 Å². The van der Waals surface area contributed by atoms with Crippen LogP contribution in [0.15, 0.2) is 4.42 Å². The van der Waals surface area contributed by atoms with Crippen LogP contribution in [0.2, 0.25) is 0 Å². The molecule has 0 fully saturated rings. The summed E-state index contributed by atoms with van der Waals surface area (Å²) in [5.41, 5.74) is -1.26. The van der Waals surface area contributed by atoms with E-state index in [-0.39, 0.29) is 18.2 Å². The summed E-state index contributed by atoms with van der Waals surface area (Å²) in [5.74, 6) is -11.2. The fourth-order valence-electron chi connectivity index (χ4n) is 1.33. The number of aromatic nitrogens is 2. The van der Waals surface area contributed by atoms with Crippen LogP contribution in [0.3, 0.4) is 0 Å². The fraction of sp³-hybridized carbons (Fsp3) is 0.200. The Bertz CT molecular complexity index is 602. The molecule has 0 N–H and O–H groups in total. The molecule has 0 amide bonds. The van der Waals surface area contributed by atoms with Crippen LogP contribution < -0.4 is 0 Å². The summed E-state index contributed by atoms with van der Waals surface area (Å²) in [6.07, 6.45) is 0.101. The first-order chi connectivity index (χ1) is 8.97. The molecule has 0 saturated carbocycles. The molecule has 2 aromatic rings. The Morgan fingerprint density at radius 3 is 1.89 bits per heavy atom. The van der Waals surface area contributed by atoms with Gasteiger partial charge in [0, 0.05) is 12.3 Å². The highest BCUT2D eigenvalue weighted by molar-refractivity contribution is 6.17. The van der Waals surface area contributed by atoms with E-state index in [1.165, 1.54) is 0 Å². The third-order valence-electron chi connectivity index (χ3n) is 2.20. The largest absolute Gasteiger partial charge is 0.420 e. The van der Waals surface area contributed by atoms with E-state index < -0.39 is 40.5 Å². The van der Waals surface area contributed by atoms with Gasteiger partial charge in [-0.3, -0.25) is 0 Å². The molecule has 0 radical (unpaired) electrons. The normalized spacial score (nSPS) is 11.1. The van der Waals surface area contributed by atoms with Crippen LogP contribution in [0.5, 0.6) is 0 Å². The average molecular weight is 299 g/mol. The Balaban J connectivity index is 2.61. The summed E-state index contributed by atoms with van der Waals surface area (Å²) in [6.45, 7) is 0. The minimum atomic E-state index is -2.25. The van der Waals surface area contributed by atoms with E-state index in [2.05, 4.69) is 10.2 Å². The topological polar surface area (TPSA) is 38.9 Å². The van der Waals surface area contributed by atoms with Crippen LogP contribution >= 0.6 is 11.6 Å². The lowest BCUT2D eigenvalue weighted by Gasteiger charge is -2.04. The second-order valence-corrected chi connectivity index (χ2v) is 3.76. The number of alkyl halides is 1. The lowest BCUT2D eigenvalue weighted by atomic mass is 10.1. The molecule has 0 atom stereocenters. The van der Waals surface area contributed by atoms with Crippen molar-refractivity contribution in [1.82, 2.24) is 10.2 Å². The van der Waals surface area contributed by atoms with E-state index >= 15 is 0 Å². The monoisotopic (exact) mass is 298 g/mol. The second-order valence-electron chi connectivity index (χ2n) is 3.38. The van der Waals surface area contributed by atoms with Crippen molar-refractivity contribution >= 4 is 11.6 Å². The molecule has 0 spiro atoms.